The maximum Gasteiger partial charge on any atom is 0.416 e. The third kappa shape index (κ3) is 2.73. The number of alkyl halides is 3. The van der Waals surface area contributed by atoms with Gasteiger partial charge in [0, 0.05) is 10.0 Å². The van der Waals surface area contributed by atoms with Crippen molar-refractivity contribution < 1.29 is 28.2 Å². The van der Waals surface area contributed by atoms with Gasteiger partial charge in [-0.15, -0.1) is 0 Å². The molecule has 88 valence electrons. The molecule has 0 fully saturated rings. The molecular weight excluding hydrogens is 293 g/mol. The number of halogens is 4. The summed E-state index contributed by atoms with van der Waals surface area (Å²) in [7, 11) is 0. The second-order valence-corrected chi connectivity index (χ2v) is 3.89. The van der Waals surface area contributed by atoms with Crippen molar-refractivity contribution >= 4 is 21.9 Å². The highest BCUT2D eigenvalue weighted by Crippen LogP contribution is 2.36. The van der Waals surface area contributed by atoms with E-state index in [9.17, 15) is 18.0 Å². The van der Waals surface area contributed by atoms with Gasteiger partial charge in [0.1, 0.15) is 0 Å². The summed E-state index contributed by atoms with van der Waals surface area (Å²) in [5, 5.41) is 17.6. The summed E-state index contributed by atoms with van der Waals surface area (Å²) in [6.45, 7) is 0. The van der Waals surface area contributed by atoms with Crippen LogP contribution in [0.3, 0.4) is 0 Å². The minimum absolute atomic E-state index is 0.260. The van der Waals surface area contributed by atoms with E-state index in [1.54, 1.807) is 0 Å². The van der Waals surface area contributed by atoms with Crippen LogP contribution in [0.25, 0.3) is 0 Å². The van der Waals surface area contributed by atoms with Crippen LogP contribution in [0.1, 0.15) is 17.2 Å². The predicted octanol–water partition coefficient (Wildman–Crippen LogP) is 2.59. The number of aliphatic hydroxyl groups is 1. The third-order valence-corrected chi connectivity index (χ3v) is 2.34. The molecule has 1 aromatic rings. The van der Waals surface area contributed by atoms with Gasteiger partial charge in [-0.05, 0) is 18.2 Å². The fraction of sp³-hybridized carbons (Fsp3) is 0.222. The summed E-state index contributed by atoms with van der Waals surface area (Å²) in [6.07, 6.45) is -6.90. The Morgan fingerprint density at radius 1 is 1.38 bits per heavy atom. The van der Waals surface area contributed by atoms with E-state index in [0.717, 1.165) is 12.1 Å². The molecule has 7 heteroatoms. The summed E-state index contributed by atoms with van der Waals surface area (Å²) in [4.78, 5) is 10.5. The Morgan fingerprint density at radius 3 is 2.38 bits per heavy atom. The summed E-state index contributed by atoms with van der Waals surface area (Å²) in [5.41, 5.74) is -1.85. The molecule has 1 aromatic carbocycles. The molecule has 0 spiro atoms. The maximum atomic E-state index is 12.5. The number of hydrogen-bond donors (Lipinski definition) is 2. The molecule has 0 aliphatic rings. The van der Waals surface area contributed by atoms with Crippen molar-refractivity contribution in [2.45, 2.75) is 12.3 Å². The average Bonchev–Trinajstić information content (AvgIpc) is 2.14. The molecule has 0 saturated carbocycles. The van der Waals surface area contributed by atoms with Gasteiger partial charge in [-0.3, -0.25) is 0 Å². The molecule has 2 N–H and O–H groups in total. The second kappa shape index (κ2) is 4.42. The normalized spacial score (nSPS) is 13.6. The van der Waals surface area contributed by atoms with Gasteiger partial charge in [0.05, 0.1) is 5.56 Å². The molecule has 0 aliphatic heterocycles. The highest BCUT2D eigenvalue weighted by molar-refractivity contribution is 9.10. The van der Waals surface area contributed by atoms with Crippen LogP contribution in [0.2, 0.25) is 0 Å². The summed E-state index contributed by atoms with van der Waals surface area (Å²) in [5.74, 6) is -1.73. The first-order chi connectivity index (χ1) is 7.23. The lowest BCUT2D eigenvalue weighted by atomic mass is 10.0. The van der Waals surface area contributed by atoms with Crippen molar-refractivity contribution in [2.24, 2.45) is 0 Å². The van der Waals surface area contributed by atoms with Gasteiger partial charge in [-0.25, -0.2) is 4.79 Å². The number of carbonyl (C=O) groups is 1. The van der Waals surface area contributed by atoms with E-state index in [4.69, 9.17) is 10.2 Å². The quantitative estimate of drug-likeness (QED) is 0.882. The minimum Gasteiger partial charge on any atom is -0.479 e. The number of rotatable bonds is 2. The van der Waals surface area contributed by atoms with E-state index < -0.39 is 29.4 Å². The van der Waals surface area contributed by atoms with Crippen molar-refractivity contribution in [1.29, 1.82) is 0 Å². The molecule has 0 radical (unpaired) electrons. The number of benzene rings is 1. The van der Waals surface area contributed by atoms with Gasteiger partial charge < -0.3 is 10.2 Å². The van der Waals surface area contributed by atoms with Crippen molar-refractivity contribution in [3.8, 4) is 0 Å². The molecule has 0 amide bonds. The molecule has 1 rings (SSSR count). The van der Waals surface area contributed by atoms with Crippen molar-refractivity contribution in [1.82, 2.24) is 0 Å². The first-order valence-corrected chi connectivity index (χ1v) is 4.80. The van der Waals surface area contributed by atoms with Gasteiger partial charge >= 0.3 is 12.1 Å². The average molecular weight is 299 g/mol. The van der Waals surface area contributed by atoms with Gasteiger partial charge in [0.15, 0.2) is 6.10 Å². The van der Waals surface area contributed by atoms with Crippen LogP contribution in [0.4, 0.5) is 13.2 Å². The zero-order valence-electron chi connectivity index (χ0n) is 7.62. The molecule has 1 atom stereocenters. The van der Waals surface area contributed by atoms with Crippen molar-refractivity contribution in [3.05, 3.63) is 33.8 Å². The summed E-state index contributed by atoms with van der Waals surface area (Å²) < 4.78 is 37.7. The zero-order chi connectivity index (χ0) is 12.5. The van der Waals surface area contributed by atoms with E-state index in [1.165, 1.54) is 0 Å². The highest BCUT2D eigenvalue weighted by Gasteiger charge is 2.36. The van der Waals surface area contributed by atoms with Crippen molar-refractivity contribution in [2.75, 3.05) is 0 Å². The standard InChI is InChI=1S/C9H6BrF3O3/c10-4-1-2-6(9(11,12)13)5(3-4)7(14)8(15)16/h1-3,7,14H,(H,15,16). The summed E-state index contributed by atoms with van der Waals surface area (Å²) >= 11 is 2.91. The monoisotopic (exact) mass is 298 g/mol. The number of aliphatic hydroxyl groups excluding tert-OH is 1. The van der Waals surface area contributed by atoms with E-state index in [1.807, 2.05) is 0 Å². The minimum atomic E-state index is -4.70. The maximum absolute atomic E-state index is 12.5. The van der Waals surface area contributed by atoms with Crippen LogP contribution in [-0.2, 0) is 11.0 Å². The molecule has 0 aromatic heterocycles. The van der Waals surface area contributed by atoms with Gasteiger partial charge in [-0.1, -0.05) is 15.9 Å². The molecule has 3 nitrogen and oxygen atoms in total. The van der Waals surface area contributed by atoms with Gasteiger partial charge in [0.2, 0.25) is 0 Å². The molecular formula is C9H6BrF3O3. The summed E-state index contributed by atoms with van der Waals surface area (Å²) in [6, 6.07) is 2.77. The SMILES string of the molecule is O=C(O)C(O)c1cc(Br)ccc1C(F)(F)F. The van der Waals surface area contributed by atoms with Crippen LogP contribution in [0.5, 0.6) is 0 Å². The lowest BCUT2D eigenvalue weighted by Crippen LogP contribution is -2.17. The number of aliphatic carboxylic acids is 1. The predicted molar refractivity (Wildman–Crippen MR) is 51.7 cm³/mol. The fourth-order valence-corrected chi connectivity index (χ4v) is 1.53. The Kier molecular flexibility index (Phi) is 3.59. The van der Waals surface area contributed by atoms with E-state index in [0.29, 0.717) is 6.07 Å². The van der Waals surface area contributed by atoms with E-state index in [2.05, 4.69) is 15.9 Å². The van der Waals surface area contributed by atoms with Crippen LogP contribution in [-0.4, -0.2) is 16.2 Å². The topological polar surface area (TPSA) is 57.5 Å². The zero-order valence-corrected chi connectivity index (χ0v) is 9.21. The lowest BCUT2D eigenvalue weighted by molar-refractivity contribution is -0.149. The first-order valence-electron chi connectivity index (χ1n) is 4.01. The van der Waals surface area contributed by atoms with E-state index in [-0.39, 0.29) is 4.47 Å². The van der Waals surface area contributed by atoms with Crippen LogP contribution < -0.4 is 0 Å². The Hall–Kier alpha value is -1.08. The number of carboxylic acid groups (broad SMARTS) is 1. The number of hydrogen-bond acceptors (Lipinski definition) is 2. The van der Waals surface area contributed by atoms with Gasteiger partial charge in [-0.2, -0.15) is 13.2 Å². The van der Waals surface area contributed by atoms with Gasteiger partial charge in [0.25, 0.3) is 0 Å². The van der Waals surface area contributed by atoms with Crippen molar-refractivity contribution in [3.63, 3.8) is 0 Å². The number of carboxylic acids is 1. The largest absolute Gasteiger partial charge is 0.479 e. The van der Waals surface area contributed by atoms with E-state index >= 15 is 0 Å². The Morgan fingerprint density at radius 2 is 1.94 bits per heavy atom. The van der Waals surface area contributed by atoms with Crippen LogP contribution in [0, 0.1) is 0 Å². The Labute approximate surface area is 96.6 Å². The molecule has 0 heterocycles. The molecule has 0 aliphatic carbocycles. The Bertz CT molecular complexity index is 417. The smallest absolute Gasteiger partial charge is 0.416 e. The molecule has 1 unspecified atom stereocenters. The highest BCUT2D eigenvalue weighted by atomic mass is 79.9. The third-order valence-electron chi connectivity index (χ3n) is 1.85. The molecule has 0 saturated heterocycles. The fourth-order valence-electron chi connectivity index (χ4n) is 1.15. The van der Waals surface area contributed by atoms with Crippen LogP contribution >= 0.6 is 15.9 Å². The van der Waals surface area contributed by atoms with Crippen LogP contribution in [0.15, 0.2) is 22.7 Å². The Balaban J connectivity index is 3.35. The molecule has 0 bridgehead atoms. The first kappa shape index (κ1) is 13.0. The lowest BCUT2D eigenvalue weighted by Gasteiger charge is -2.15. The molecule has 16 heavy (non-hydrogen) atoms. The second-order valence-electron chi connectivity index (χ2n) is 2.97.